The van der Waals surface area contributed by atoms with Crippen LogP contribution in [0.5, 0.6) is 0 Å². The van der Waals surface area contributed by atoms with Crippen molar-refractivity contribution in [1.29, 1.82) is 0 Å². The minimum Gasteiger partial charge on any atom is -0.390 e. The van der Waals surface area contributed by atoms with Gasteiger partial charge in [-0.05, 0) is 114 Å². The summed E-state index contributed by atoms with van der Waals surface area (Å²) in [7, 11) is 8.72. The van der Waals surface area contributed by atoms with E-state index in [-0.39, 0.29) is 68.8 Å². The number of Topliss-reactive ketones (excluding diaryl/α,β-unsaturated/α-hetero) is 2. The molecule has 2 heterocycles. The molecule has 0 aromatic rings. The maximum atomic E-state index is 15.2. The Kier molecular flexibility index (Phi) is 39.4. The zero-order chi connectivity index (χ0) is 74.7. The van der Waals surface area contributed by atoms with Gasteiger partial charge in [0.2, 0.25) is 53.2 Å². The third-order valence-electron chi connectivity index (χ3n) is 19.6. The molecule has 0 saturated carbocycles. The van der Waals surface area contributed by atoms with E-state index < -0.39 is 161 Å². The Morgan fingerprint density at radius 2 is 1.05 bits per heavy atom. The Morgan fingerprint density at radius 1 is 0.531 bits per heavy atom. The maximum Gasteiger partial charge on any atom is 0.245 e. The zero-order valence-corrected chi connectivity index (χ0v) is 64.7. The van der Waals surface area contributed by atoms with Crippen LogP contribution in [-0.4, -0.2) is 265 Å². The van der Waals surface area contributed by atoms with Crippen molar-refractivity contribution < 1.29 is 72.1 Å². The topological polar surface area (TPSA) is 294 Å². The Hall–Kier alpha value is -5.28. The number of thiol groups is 1. The van der Waals surface area contributed by atoms with Gasteiger partial charge in [-0.25, -0.2) is 0 Å². The van der Waals surface area contributed by atoms with Crippen LogP contribution >= 0.6 is 12.6 Å². The molecular formula is C72H130N10O15S. The van der Waals surface area contributed by atoms with Crippen molar-refractivity contribution in [3.63, 3.8) is 0 Å². The SMILES string of the molecule is CC[C@@H]1NC(=O)[C@H]([C@H](O)[C@H](C)CCCCCOCS)NC(=O)[C@H](C(C)C)N(C)C(=O)[C@H](CC(C)C)N(C)C(=O)[C@H](CC(C)C)N(C)C(=O)[C@@H](C)NC(=O)[C@H](C)CC(=O)[C@H](CC(C)C)N(C)C(=O)[C@H](C(C)C)CC(=O)[C@H]([C@@H](C)OCCCCN2CCOCC2)N(C)C(=O)[C@@H](C)N(C)C1=O. The van der Waals surface area contributed by atoms with Crippen LogP contribution < -0.4 is 16.0 Å². The van der Waals surface area contributed by atoms with Gasteiger partial charge in [-0.15, -0.1) is 0 Å². The molecule has 2 saturated heterocycles. The number of hydrogen-bond donors (Lipinski definition) is 5. The minimum absolute atomic E-state index is 0.00305. The lowest BCUT2D eigenvalue weighted by molar-refractivity contribution is -0.154. The van der Waals surface area contributed by atoms with Gasteiger partial charge >= 0.3 is 0 Å². The number of aliphatic hydroxyl groups excluding tert-OH is 1. The number of rotatable bonds is 25. The maximum absolute atomic E-state index is 15.2. The largest absolute Gasteiger partial charge is 0.390 e. The summed E-state index contributed by atoms with van der Waals surface area (Å²) in [5.74, 6) is -10.7. The van der Waals surface area contributed by atoms with Crippen molar-refractivity contribution in [2.45, 2.75) is 254 Å². The van der Waals surface area contributed by atoms with Crippen molar-refractivity contribution in [3.05, 3.63) is 0 Å². The first-order valence-corrected chi connectivity index (χ1v) is 36.8. The highest BCUT2D eigenvalue weighted by Gasteiger charge is 2.45. The highest BCUT2D eigenvalue weighted by Crippen LogP contribution is 2.28. The molecule has 26 heteroatoms. The van der Waals surface area contributed by atoms with Crippen LogP contribution in [0.4, 0.5) is 0 Å². The highest BCUT2D eigenvalue weighted by molar-refractivity contribution is 7.80. The van der Waals surface area contributed by atoms with E-state index in [1.54, 1.807) is 55.4 Å². The molecular weight excluding hydrogens is 1280 g/mol. The van der Waals surface area contributed by atoms with Gasteiger partial charge in [-0.1, -0.05) is 103 Å². The standard InChI is InChI=1S/C72H130N10O15S/c1-23-54-70(92)76(17)51(15)68(90)81(22)62(52(16)97-34-28-26-30-82-31-35-95-36-32-82)59(84)41-53(46(8)9)69(91)77(18)55(37-43(2)3)58(83)40-49(13)64(86)73-50(14)67(89)78(19)56(38-44(4)5)71(93)79(20)57(39-45(6)7)72(94)80(21)61(47(10)11)66(88)75-60(65(87)74-54)63(85)48(12)29-25-24-27-33-96-42-98/h43-57,60-63,85,98H,23-42H2,1-22H3,(H,73,86)(H,74,87)(H,75,88)/t48-,49-,50-,51-,52-,53+,54+,55+,56+,57+,60+,61+,62+,63-/m1/s1. The monoisotopic (exact) mass is 1410 g/mol. The second kappa shape index (κ2) is 43.5. The molecule has 0 aromatic heterocycles. The van der Waals surface area contributed by atoms with Gasteiger partial charge in [-0.3, -0.25) is 57.6 Å². The number of hydrogen-bond acceptors (Lipinski definition) is 17. The van der Waals surface area contributed by atoms with Crippen LogP contribution in [0.2, 0.25) is 0 Å². The number of ketones is 2. The Morgan fingerprint density at radius 3 is 1.58 bits per heavy atom. The number of nitrogens with zero attached hydrogens (tertiary/aromatic N) is 7. The molecule has 0 aliphatic carbocycles. The number of morpholine rings is 1. The van der Waals surface area contributed by atoms with Crippen molar-refractivity contribution in [3.8, 4) is 0 Å². The fourth-order valence-corrected chi connectivity index (χ4v) is 13.3. The summed E-state index contributed by atoms with van der Waals surface area (Å²) < 4.78 is 17.3. The summed E-state index contributed by atoms with van der Waals surface area (Å²) >= 11 is 4.11. The number of aliphatic hydroxyl groups is 1. The minimum atomic E-state index is -1.68. The molecule has 9 amide bonds. The van der Waals surface area contributed by atoms with Crippen molar-refractivity contribution in [1.82, 2.24) is 50.2 Å². The molecule has 0 radical (unpaired) electrons. The first-order chi connectivity index (χ1) is 45.8. The third-order valence-corrected chi connectivity index (χ3v) is 19.8. The third kappa shape index (κ3) is 26.9. The first-order valence-electron chi connectivity index (χ1n) is 36.1. The van der Waals surface area contributed by atoms with Crippen LogP contribution in [-0.2, 0) is 67.0 Å². The highest BCUT2D eigenvalue weighted by atomic mass is 32.1. The van der Waals surface area contributed by atoms with Crippen LogP contribution in [0.3, 0.4) is 0 Å². The average molecular weight is 1410 g/mol. The van der Waals surface area contributed by atoms with Crippen molar-refractivity contribution in [2.24, 2.45) is 47.3 Å². The molecule has 2 aliphatic rings. The molecule has 0 spiro atoms. The number of carbonyl (C=O) groups is 11. The van der Waals surface area contributed by atoms with E-state index in [0.29, 0.717) is 39.1 Å². The molecule has 25 nitrogen and oxygen atoms in total. The molecule has 2 aliphatic heterocycles. The van der Waals surface area contributed by atoms with Gasteiger partial charge in [0.1, 0.15) is 48.3 Å². The fraction of sp³-hybridized carbons (Fsp3) is 0.847. The molecule has 564 valence electrons. The second-order valence-corrected chi connectivity index (χ2v) is 30.1. The Balaban J connectivity index is 2.98. The van der Waals surface area contributed by atoms with Gasteiger partial charge in [0.05, 0.1) is 37.4 Å². The van der Waals surface area contributed by atoms with Crippen molar-refractivity contribution >= 4 is 77.4 Å². The predicted octanol–water partition coefficient (Wildman–Crippen LogP) is 5.47. The summed E-state index contributed by atoms with van der Waals surface area (Å²) in [6.45, 7) is 32.4. The quantitative estimate of drug-likeness (QED) is 0.0430. The fourth-order valence-electron chi connectivity index (χ4n) is 13.2. The molecule has 4 N–H and O–H groups in total. The summed E-state index contributed by atoms with van der Waals surface area (Å²) in [6.07, 6.45) is 1.33. The summed E-state index contributed by atoms with van der Waals surface area (Å²) in [5.41, 5.74) is 0. The van der Waals surface area contributed by atoms with E-state index in [0.717, 1.165) is 38.9 Å². The second-order valence-electron chi connectivity index (χ2n) is 29.8. The van der Waals surface area contributed by atoms with E-state index in [1.165, 1.54) is 85.5 Å². The molecule has 0 unspecified atom stereocenters. The van der Waals surface area contributed by atoms with Crippen LogP contribution in [0, 0.1) is 47.3 Å². The predicted molar refractivity (Wildman–Crippen MR) is 382 cm³/mol. The van der Waals surface area contributed by atoms with Crippen LogP contribution in [0.1, 0.15) is 188 Å². The normalized spacial score (nSPS) is 27.1. The number of likely N-dealkylation sites (N-methyl/N-ethyl adjacent to an activating group) is 6. The van der Waals surface area contributed by atoms with Gasteiger partial charge in [0, 0.05) is 93.3 Å². The van der Waals surface area contributed by atoms with Gasteiger partial charge in [0.25, 0.3) is 0 Å². The number of carbonyl (C=O) groups excluding carboxylic acids is 11. The van der Waals surface area contributed by atoms with E-state index in [4.69, 9.17) is 14.2 Å². The average Bonchev–Trinajstić information content (AvgIpc) is 0.815. The molecule has 98 heavy (non-hydrogen) atoms. The smallest absolute Gasteiger partial charge is 0.245 e. The molecule has 0 bridgehead atoms. The summed E-state index contributed by atoms with van der Waals surface area (Å²) in [4.78, 5) is 173. The molecule has 2 fully saturated rings. The number of ether oxygens (including phenoxy) is 3. The molecule has 2 rings (SSSR count). The van der Waals surface area contributed by atoms with Crippen molar-refractivity contribution in [2.75, 3.05) is 94.3 Å². The van der Waals surface area contributed by atoms with Gasteiger partial charge in [-0.2, -0.15) is 12.6 Å². The summed E-state index contributed by atoms with van der Waals surface area (Å²) in [6, 6.07) is -11.3. The Bertz CT molecular complexity index is 2570. The number of amides is 9. The van der Waals surface area contributed by atoms with E-state index >= 15 is 28.8 Å². The first kappa shape index (κ1) is 88.8. The molecule has 14 atom stereocenters. The number of unbranched alkanes of at least 4 members (excludes halogenated alkanes) is 3. The Labute approximate surface area is 593 Å². The lowest BCUT2D eigenvalue weighted by Crippen LogP contribution is -2.63. The molecule has 0 aromatic carbocycles. The van der Waals surface area contributed by atoms with Crippen LogP contribution in [0.25, 0.3) is 0 Å². The van der Waals surface area contributed by atoms with E-state index in [9.17, 15) is 29.1 Å². The lowest BCUT2D eigenvalue weighted by Gasteiger charge is -2.40. The van der Waals surface area contributed by atoms with Crippen LogP contribution in [0.15, 0.2) is 0 Å². The van der Waals surface area contributed by atoms with E-state index in [2.05, 4.69) is 33.5 Å². The van der Waals surface area contributed by atoms with Gasteiger partial charge < -0.3 is 64.7 Å². The van der Waals surface area contributed by atoms with Gasteiger partial charge in [0.15, 0.2) is 11.6 Å². The lowest BCUT2D eigenvalue weighted by atomic mass is 9.85. The summed E-state index contributed by atoms with van der Waals surface area (Å²) in [5, 5.41) is 20.6. The number of nitrogens with one attached hydrogen (secondary N) is 3. The zero-order valence-electron chi connectivity index (χ0n) is 63.9. The van der Waals surface area contributed by atoms with E-state index in [1.807, 2.05) is 41.5 Å².